The standard InChI is InChI=1S/C32H55NO26/c1-7(38)33-13-17(42)25(10(4-36)52-28(13)50)57-31-23(48)20(45)26(11(5-37)55-31)58-32-24(49)27(59-30-22(47)19(44)15(40)9(3-35)54-30)16(41)12(56-32)6-51-29-21(46)18(43)14(39)8(2-34)53-29/h8-32,34-37,39-50H,2-6H2,1H3,(H,33,38)/t8-,9-,10-,11-,12-,13-,14-,15-,16-,17-,18+,19+,20-,21+,22+,23+,24+,25-,26-,27+,28-,29+,30+,31+,32+/m1/s1. The molecule has 0 aromatic heterocycles. The first-order valence-electron chi connectivity index (χ1n) is 18.6. The van der Waals surface area contributed by atoms with E-state index < -0.39 is 192 Å². The molecule has 0 radical (unpaired) electrons. The molecule has 27 nitrogen and oxygen atoms in total. The van der Waals surface area contributed by atoms with Crippen molar-refractivity contribution in [3.05, 3.63) is 0 Å². The van der Waals surface area contributed by atoms with Crippen molar-refractivity contribution in [3.8, 4) is 0 Å². The molecule has 0 unspecified atom stereocenters. The number of aliphatic hydroxyl groups is 16. The van der Waals surface area contributed by atoms with Crippen molar-refractivity contribution in [1.29, 1.82) is 0 Å². The number of ether oxygens (including phenoxy) is 9. The SMILES string of the molecule is CC(=O)N[C@@H]1[C@@H](O)[C@H](O[C@@H]2O[C@H](CO)[C@@H](O[C@@H]3O[C@H](CO[C@H]4O[C@H](CO)[C@@H](O)[C@H](O)[C@@H]4O)[C@@H](O)[C@H](O[C@@H]4O[C@H](CO)[C@@H](O)[C@H](O)[C@@H]4O)[C@@H]3O)[C@H](O)[C@@H]2O)[C@@H](CO)O[C@H]1O. The lowest BCUT2D eigenvalue weighted by molar-refractivity contribution is -0.389. The number of rotatable bonds is 14. The Kier molecular flexibility index (Phi) is 17.1. The molecule has 5 rings (SSSR count). The molecule has 27 heteroatoms. The minimum atomic E-state index is -2.17. The molecule has 344 valence electrons. The van der Waals surface area contributed by atoms with Crippen LogP contribution in [0.3, 0.4) is 0 Å². The van der Waals surface area contributed by atoms with Crippen LogP contribution < -0.4 is 5.32 Å². The highest BCUT2D eigenvalue weighted by atomic mass is 16.8. The van der Waals surface area contributed by atoms with Gasteiger partial charge in [0, 0.05) is 6.92 Å². The molecule has 5 aliphatic rings. The van der Waals surface area contributed by atoms with Crippen molar-refractivity contribution in [3.63, 3.8) is 0 Å². The molecule has 5 heterocycles. The molecule has 25 atom stereocenters. The van der Waals surface area contributed by atoms with Gasteiger partial charge < -0.3 is 130 Å². The van der Waals surface area contributed by atoms with Gasteiger partial charge in [0.15, 0.2) is 31.5 Å². The van der Waals surface area contributed by atoms with Crippen LogP contribution in [0, 0.1) is 0 Å². The molecular weight excluding hydrogens is 814 g/mol. The van der Waals surface area contributed by atoms with Crippen LogP contribution in [-0.2, 0) is 47.4 Å². The maximum atomic E-state index is 11.7. The van der Waals surface area contributed by atoms with E-state index in [-0.39, 0.29) is 0 Å². The van der Waals surface area contributed by atoms with Gasteiger partial charge in [-0.1, -0.05) is 0 Å². The Morgan fingerprint density at radius 2 is 0.847 bits per heavy atom. The molecule has 1 amide bonds. The Labute approximate surface area is 333 Å². The van der Waals surface area contributed by atoms with E-state index in [1.165, 1.54) is 0 Å². The fourth-order valence-electron chi connectivity index (χ4n) is 7.33. The predicted molar refractivity (Wildman–Crippen MR) is 178 cm³/mol. The lowest BCUT2D eigenvalue weighted by atomic mass is 9.95. The molecular formula is C32H55NO26. The van der Waals surface area contributed by atoms with Gasteiger partial charge >= 0.3 is 0 Å². The monoisotopic (exact) mass is 869 g/mol. The maximum Gasteiger partial charge on any atom is 0.217 e. The highest BCUT2D eigenvalue weighted by Gasteiger charge is 2.56. The van der Waals surface area contributed by atoms with Crippen LogP contribution in [0.2, 0.25) is 0 Å². The van der Waals surface area contributed by atoms with Crippen LogP contribution >= 0.6 is 0 Å². The molecule has 5 fully saturated rings. The third-order valence-corrected chi connectivity index (χ3v) is 10.7. The summed E-state index contributed by atoms with van der Waals surface area (Å²) >= 11 is 0. The van der Waals surface area contributed by atoms with Crippen LogP contribution in [0.1, 0.15) is 6.92 Å². The smallest absolute Gasteiger partial charge is 0.217 e. The Balaban J connectivity index is 1.36. The molecule has 59 heavy (non-hydrogen) atoms. The number of aliphatic hydroxyl groups excluding tert-OH is 16. The molecule has 0 aliphatic carbocycles. The first-order valence-corrected chi connectivity index (χ1v) is 18.6. The van der Waals surface area contributed by atoms with Gasteiger partial charge in [-0.05, 0) is 0 Å². The fraction of sp³-hybridized carbons (Fsp3) is 0.969. The van der Waals surface area contributed by atoms with E-state index >= 15 is 0 Å². The first kappa shape index (κ1) is 48.5. The molecule has 0 saturated carbocycles. The second kappa shape index (κ2) is 20.8. The molecule has 0 aromatic rings. The summed E-state index contributed by atoms with van der Waals surface area (Å²) in [4.78, 5) is 11.7. The fourth-order valence-corrected chi connectivity index (χ4v) is 7.33. The van der Waals surface area contributed by atoms with Crippen LogP contribution in [-0.4, -0.2) is 274 Å². The summed E-state index contributed by atoms with van der Waals surface area (Å²) in [7, 11) is 0. The highest BCUT2D eigenvalue weighted by Crippen LogP contribution is 2.35. The van der Waals surface area contributed by atoms with Gasteiger partial charge in [-0.25, -0.2) is 0 Å². The van der Waals surface area contributed by atoms with E-state index in [9.17, 15) is 86.5 Å². The average Bonchev–Trinajstić information content (AvgIpc) is 3.21. The van der Waals surface area contributed by atoms with E-state index in [0.29, 0.717) is 0 Å². The van der Waals surface area contributed by atoms with Gasteiger partial charge in [-0.3, -0.25) is 4.79 Å². The molecule has 0 bridgehead atoms. The topological polar surface area (TPSA) is 436 Å². The van der Waals surface area contributed by atoms with Gasteiger partial charge in [-0.2, -0.15) is 0 Å². The van der Waals surface area contributed by atoms with Crippen molar-refractivity contribution in [2.24, 2.45) is 0 Å². The second-order valence-corrected chi connectivity index (χ2v) is 14.7. The van der Waals surface area contributed by atoms with Crippen molar-refractivity contribution in [2.45, 2.75) is 160 Å². The molecule has 17 N–H and O–H groups in total. The molecule has 5 saturated heterocycles. The van der Waals surface area contributed by atoms with Gasteiger partial charge in [0.05, 0.1) is 33.0 Å². The largest absolute Gasteiger partial charge is 0.394 e. The molecule has 0 aromatic carbocycles. The third kappa shape index (κ3) is 10.3. The maximum absolute atomic E-state index is 11.7. The van der Waals surface area contributed by atoms with E-state index in [1.807, 2.05) is 0 Å². The molecule has 0 spiro atoms. The van der Waals surface area contributed by atoms with Crippen LogP contribution in [0.5, 0.6) is 0 Å². The van der Waals surface area contributed by atoms with Crippen molar-refractivity contribution < 1.29 is 129 Å². The Morgan fingerprint density at radius 3 is 1.37 bits per heavy atom. The Hall–Kier alpha value is -1.53. The van der Waals surface area contributed by atoms with Gasteiger partial charge in [0.1, 0.15) is 122 Å². The predicted octanol–water partition coefficient (Wildman–Crippen LogP) is -11.8. The van der Waals surface area contributed by atoms with Crippen molar-refractivity contribution in [1.82, 2.24) is 5.32 Å². The zero-order valence-corrected chi connectivity index (χ0v) is 31.2. The summed E-state index contributed by atoms with van der Waals surface area (Å²) in [5, 5.41) is 170. The van der Waals surface area contributed by atoms with Crippen LogP contribution in [0.4, 0.5) is 0 Å². The summed E-state index contributed by atoms with van der Waals surface area (Å²) in [6.45, 7) is -3.32. The zero-order chi connectivity index (χ0) is 43.6. The van der Waals surface area contributed by atoms with Gasteiger partial charge in [-0.15, -0.1) is 0 Å². The van der Waals surface area contributed by atoms with Gasteiger partial charge in [0.2, 0.25) is 5.91 Å². The summed E-state index contributed by atoms with van der Waals surface area (Å²) in [6, 6.07) is -1.49. The number of nitrogens with one attached hydrogen (secondary N) is 1. The van der Waals surface area contributed by atoms with E-state index in [0.717, 1.165) is 6.92 Å². The van der Waals surface area contributed by atoms with E-state index in [1.54, 1.807) is 0 Å². The summed E-state index contributed by atoms with van der Waals surface area (Å²) < 4.78 is 49.9. The lowest BCUT2D eigenvalue weighted by Gasteiger charge is -2.49. The van der Waals surface area contributed by atoms with E-state index in [2.05, 4.69) is 5.32 Å². The minimum absolute atomic E-state index is 0.689. The normalized spacial score (nSPS) is 51.0. The number of hydrogen-bond donors (Lipinski definition) is 17. The van der Waals surface area contributed by atoms with Gasteiger partial charge in [0.25, 0.3) is 0 Å². The van der Waals surface area contributed by atoms with Crippen LogP contribution in [0.15, 0.2) is 0 Å². The summed E-state index contributed by atoms with van der Waals surface area (Å²) in [5.41, 5.74) is 0. The van der Waals surface area contributed by atoms with E-state index in [4.69, 9.17) is 42.6 Å². The number of hydrogen-bond acceptors (Lipinski definition) is 26. The number of amides is 1. The first-order chi connectivity index (χ1) is 27.9. The van der Waals surface area contributed by atoms with Crippen molar-refractivity contribution >= 4 is 5.91 Å². The summed E-state index contributed by atoms with van der Waals surface area (Å²) in [6.07, 6.45) is -44.5. The van der Waals surface area contributed by atoms with Crippen LogP contribution in [0.25, 0.3) is 0 Å². The number of carbonyl (C=O) groups is 1. The summed E-state index contributed by atoms with van der Waals surface area (Å²) in [5.74, 6) is -0.689. The van der Waals surface area contributed by atoms with Crippen molar-refractivity contribution in [2.75, 3.05) is 33.0 Å². The number of carbonyl (C=O) groups excluding carboxylic acids is 1. The average molecular weight is 870 g/mol. The Bertz CT molecular complexity index is 1320. The third-order valence-electron chi connectivity index (χ3n) is 10.7. The minimum Gasteiger partial charge on any atom is -0.394 e. The highest BCUT2D eigenvalue weighted by molar-refractivity contribution is 5.73. The molecule has 5 aliphatic heterocycles. The quantitative estimate of drug-likeness (QED) is 0.0770. The second-order valence-electron chi connectivity index (χ2n) is 14.7. The lowest BCUT2D eigenvalue weighted by Crippen LogP contribution is -2.68. The zero-order valence-electron chi connectivity index (χ0n) is 31.2. The Morgan fingerprint density at radius 1 is 0.441 bits per heavy atom.